The molecule has 0 saturated carbocycles. The zero-order chi connectivity index (χ0) is 17.9. The van der Waals surface area contributed by atoms with Crippen LogP contribution in [0.15, 0.2) is 29.4 Å². The van der Waals surface area contributed by atoms with Gasteiger partial charge in [-0.1, -0.05) is 0 Å². The molecule has 0 fully saturated rings. The van der Waals surface area contributed by atoms with E-state index in [9.17, 15) is 25.2 Å². The maximum Gasteiger partial charge on any atom is 0.271 e. The van der Waals surface area contributed by atoms with E-state index in [0.29, 0.717) is 11.1 Å². The molecule has 126 valence electrons. The van der Waals surface area contributed by atoms with Crippen LogP contribution in [-0.4, -0.2) is 39.7 Å². The zero-order valence-electron chi connectivity index (χ0n) is 12.9. The number of benzene rings is 2. The highest BCUT2D eigenvalue weighted by molar-refractivity contribution is 5.96. The van der Waals surface area contributed by atoms with Crippen molar-refractivity contribution in [2.45, 2.75) is 6.92 Å². The Kier molecular flexibility index (Phi) is 4.78. The van der Waals surface area contributed by atoms with Crippen LogP contribution in [-0.2, 0) is 0 Å². The highest BCUT2D eigenvalue weighted by atomic mass is 16.5. The molecule has 0 spiro atoms. The molecule has 0 aliphatic carbocycles. The Hall–Kier alpha value is -3.42. The van der Waals surface area contributed by atoms with E-state index in [1.54, 1.807) is 13.0 Å². The topological polar surface area (TPSA) is 132 Å². The second-order valence-electron chi connectivity index (χ2n) is 4.95. The Bertz CT molecular complexity index is 793. The van der Waals surface area contributed by atoms with Gasteiger partial charge in [-0.15, -0.1) is 0 Å². The molecule has 0 saturated heterocycles. The minimum absolute atomic E-state index is 0.0220. The van der Waals surface area contributed by atoms with Gasteiger partial charge in [-0.05, 0) is 42.3 Å². The number of hydrazone groups is 1. The van der Waals surface area contributed by atoms with Crippen molar-refractivity contribution in [3.05, 3.63) is 41.0 Å². The molecule has 24 heavy (non-hydrogen) atoms. The Morgan fingerprint density at radius 3 is 2.29 bits per heavy atom. The summed E-state index contributed by atoms with van der Waals surface area (Å²) in [7, 11) is 1.42. The number of aryl methyl sites for hydroxylation is 1. The fraction of sp³-hybridized carbons (Fsp3) is 0.125. The average molecular weight is 332 g/mol. The monoisotopic (exact) mass is 332 g/mol. The van der Waals surface area contributed by atoms with E-state index in [-0.39, 0.29) is 17.1 Å². The van der Waals surface area contributed by atoms with Crippen LogP contribution in [0.1, 0.15) is 21.5 Å². The van der Waals surface area contributed by atoms with Gasteiger partial charge in [-0.25, -0.2) is 5.43 Å². The molecule has 1 amide bonds. The van der Waals surface area contributed by atoms with Crippen molar-refractivity contribution < 1.29 is 30.0 Å². The number of hydrogen-bond donors (Lipinski definition) is 5. The maximum atomic E-state index is 11.9. The predicted octanol–water partition coefficient (Wildman–Crippen LogP) is 1.59. The van der Waals surface area contributed by atoms with Crippen LogP contribution in [0.5, 0.6) is 28.7 Å². The zero-order valence-corrected chi connectivity index (χ0v) is 12.9. The maximum absolute atomic E-state index is 11.9. The molecule has 8 heteroatoms. The molecule has 5 N–H and O–H groups in total. The van der Waals surface area contributed by atoms with E-state index in [1.165, 1.54) is 19.4 Å². The largest absolute Gasteiger partial charge is 0.504 e. The molecule has 0 aliphatic heterocycles. The van der Waals surface area contributed by atoms with E-state index in [0.717, 1.165) is 12.1 Å². The molecule has 0 atom stereocenters. The van der Waals surface area contributed by atoms with Crippen LogP contribution in [0.4, 0.5) is 0 Å². The smallest absolute Gasteiger partial charge is 0.271 e. The number of phenolic OH excluding ortho intramolecular Hbond substituents is 4. The van der Waals surface area contributed by atoms with Crippen LogP contribution < -0.4 is 10.2 Å². The highest BCUT2D eigenvalue weighted by Crippen LogP contribution is 2.35. The van der Waals surface area contributed by atoms with Gasteiger partial charge in [0.05, 0.1) is 13.3 Å². The summed E-state index contributed by atoms with van der Waals surface area (Å²) in [6.07, 6.45) is 1.34. The first-order chi connectivity index (χ1) is 11.3. The number of rotatable bonds is 4. The molecule has 2 aromatic rings. The molecule has 2 rings (SSSR count). The normalized spacial score (nSPS) is 10.8. The first-order valence-electron chi connectivity index (χ1n) is 6.79. The summed E-state index contributed by atoms with van der Waals surface area (Å²) >= 11 is 0. The summed E-state index contributed by atoms with van der Waals surface area (Å²) in [6, 6.07) is 5.17. The SMILES string of the molecule is COc1cc(/C=N/NC(=O)c2cc(O)c(O)c(O)c2)cc(C)c1O. The van der Waals surface area contributed by atoms with E-state index >= 15 is 0 Å². The molecular formula is C16H16N2O6. The van der Waals surface area contributed by atoms with Gasteiger partial charge in [0, 0.05) is 5.56 Å². The summed E-state index contributed by atoms with van der Waals surface area (Å²) in [6.45, 7) is 1.69. The van der Waals surface area contributed by atoms with Crippen molar-refractivity contribution in [2.24, 2.45) is 5.10 Å². The standard InChI is InChI=1S/C16H16N2O6/c1-8-3-9(4-13(24-2)14(8)21)7-17-18-16(23)10-5-11(19)15(22)12(20)6-10/h3-7,19-22H,1-2H3,(H,18,23)/b17-7+. The van der Waals surface area contributed by atoms with E-state index in [4.69, 9.17) is 4.74 Å². The van der Waals surface area contributed by atoms with Gasteiger partial charge in [0.15, 0.2) is 28.7 Å². The summed E-state index contributed by atoms with van der Waals surface area (Å²) in [4.78, 5) is 11.9. The van der Waals surface area contributed by atoms with Gasteiger partial charge >= 0.3 is 0 Å². The minimum Gasteiger partial charge on any atom is -0.504 e. The van der Waals surface area contributed by atoms with E-state index in [1.807, 2.05) is 0 Å². The highest BCUT2D eigenvalue weighted by Gasteiger charge is 2.13. The molecule has 0 unspecified atom stereocenters. The number of carbonyl (C=O) groups excluding carboxylic acids is 1. The van der Waals surface area contributed by atoms with Crippen LogP contribution in [0.2, 0.25) is 0 Å². The number of carbonyl (C=O) groups is 1. The van der Waals surface area contributed by atoms with Crippen LogP contribution in [0.25, 0.3) is 0 Å². The quantitative estimate of drug-likeness (QED) is 0.328. The third-order valence-electron chi connectivity index (χ3n) is 3.22. The number of aromatic hydroxyl groups is 4. The Labute approximate surface area is 137 Å². The second-order valence-corrected chi connectivity index (χ2v) is 4.95. The van der Waals surface area contributed by atoms with Crippen molar-refractivity contribution in [2.75, 3.05) is 7.11 Å². The van der Waals surface area contributed by atoms with Crippen LogP contribution >= 0.6 is 0 Å². The Morgan fingerprint density at radius 1 is 1.08 bits per heavy atom. The van der Waals surface area contributed by atoms with Crippen molar-refractivity contribution in [3.8, 4) is 28.7 Å². The Morgan fingerprint density at radius 2 is 1.71 bits per heavy atom. The van der Waals surface area contributed by atoms with E-state index in [2.05, 4.69) is 10.5 Å². The molecule has 0 aliphatic rings. The van der Waals surface area contributed by atoms with Gasteiger partial charge < -0.3 is 25.2 Å². The number of nitrogens with zero attached hydrogens (tertiary/aromatic N) is 1. The molecule has 0 bridgehead atoms. The first kappa shape index (κ1) is 16.9. The van der Waals surface area contributed by atoms with Crippen molar-refractivity contribution in [1.82, 2.24) is 5.43 Å². The summed E-state index contributed by atoms with van der Waals surface area (Å²) in [5.74, 6) is -2.35. The summed E-state index contributed by atoms with van der Waals surface area (Å²) < 4.78 is 5.02. The van der Waals surface area contributed by atoms with Crippen molar-refractivity contribution >= 4 is 12.1 Å². The van der Waals surface area contributed by atoms with Gasteiger partial charge in [0.1, 0.15) is 0 Å². The number of amides is 1. The lowest BCUT2D eigenvalue weighted by Gasteiger charge is -2.07. The van der Waals surface area contributed by atoms with Crippen molar-refractivity contribution in [1.29, 1.82) is 0 Å². The Balaban J connectivity index is 2.14. The predicted molar refractivity (Wildman–Crippen MR) is 85.9 cm³/mol. The third-order valence-corrected chi connectivity index (χ3v) is 3.22. The molecule has 0 aromatic heterocycles. The van der Waals surface area contributed by atoms with Gasteiger partial charge in [-0.2, -0.15) is 5.10 Å². The molecule has 2 aromatic carbocycles. The van der Waals surface area contributed by atoms with Gasteiger partial charge in [0.2, 0.25) is 0 Å². The summed E-state index contributed by atoms with van der Waals surface area (Å²) in [5.41, 5.74) is 3.29. The van der Waals surface area contributed by atoms with Crippen LogP contribution in [0, 0.1) is 6.92 Å². The first-order valence-corrected chi connectivity index (χ1v) is 6.79. The third kappa shape index (κ3) is 3.49. The fourth-order valence-electron chi connectivity index (χ4n) is 1.97. The fourth-order valence-corrected chi connectivity index (χ4v) is 1.97. The summed E-state index contributed by atoms with van der Waals surface area (Å²) in [5, 5.41) is 41.5. The number of phenols is 4. The van der Waals surface area contributed by atoms with E-state index < -0.39 is 23.2 Å². The molecule has 8 nitrogen and oxygen atoms in total. The molecule has 0 radical (unpaired) electrons. The molecular weight excluding hydrogens is 316 g/mol. The lowest BCUT2D eigenvalue weighted by Crippen LogP contribution is -2.17. The number of ether oxygens (including phenoxy) is 1. The number of nitrogens with one attached hydrogen (secondary N) is 1. The lowest BCUT2D eigenvalue weighted by atomic mass is 10.1. The minimum atomic E-state index is -0.707. The average Bonchev–Trinajstić information content (AvgIpc) is 2.55. The second kappa shape index (κ2) is 6.78. The molecule has 0 heterocycles. The van der Waals surface area contributed by atoms with Crippen LogP contribution in [0.3, 0.4) is 0 Å². The van der Waals surface area contributed by atoms with Gasteiger partial charge in [-0.3, -0.25) is 4.79 Å². The van der Waals surface area contributed by atoms with Crippen molar-refractivity contribution in [3.63, 3.8) is 0 Å². The lowest BCUT2D eigenvalue weighted by molar-refractivity contribution is 0.0954. The number of methoxy groups -OCH3 is 1. The number of hydrogen-bond acceptors (Lipinski definition) is 7. The van der Waals surface area contributed by atoms with Gasteiger partial charge in [0.25, 0.3) is 5.91 Å².